The van der Waals surface area contributed by atoms with E-state index < -0.39 is 5.97 Å². The molecule has 1 aliphatic heterocycles. The maximum absolute atomic E-state index is 11.6. The second kappa shape index (κ2) is 7.28. The van der Waals surface area contributed by atoms with Crippen LogP contribution in [0.2, 0.25) is 0 Å². The van der Waals surface area contributed by atoms with E-state index in [0.717, 1.165) is 24.2 Å². The molecule has 0 spiro atoms. The molecule has 144 valence electrons. The van der Waals surface area contributed by atoms with Gasteiger partial charge in [0.15, 0.2) is 11.5 Å². The summed E-state index contributed by atoms with van der Waals surface area (Å²) in [6, 6.07) is 16.6. The number of anilines is 1. The minimum absolute atomic E-state index is 0.324. The molecule has 3 aromatic rings. The minimum Gasteiger partial charge on any atom is -0.477 e. The fraction of sp³-hybridized carbons (Fsp3) is 0.174. The van der Waals surface area contributed by atoms with Crippen molar-refractivity contribution in [3.8, 4) is 17.6 Å². The summed E-state index contributed by atoms with van der Waals surface area (Å²) in [7, 11) is 0. The first-order valence-corrected chi connectivity index (χ1v) is 9.42. The molecular weight excluding hydrogens is 366 g/mol. The molecule has 1 heterocycles. The Morgan fingerprint density at radius 1 is 1.10 bits per heavy atom. The number of hydrogen-bond acceptors (Lipinski definition) is 5. The molecular formula is C23H19N3O3. The lowest BCUT2D eigenvalue weighted by molar-refractivity contribution is -0.130. The highest BCUT2D eigenvalue weighted by Crippen LogP contribution is 2.37. The van der Waals surface area contributed by atoms with Crippen LogP contribution in [0.1, 0.15) is 13.8 Å². The number of rotatable bonds is 4. The molecule has 3 aromatic carbocycles. The number of aliphatic carboxylic acids is 1. The van der Waals surface area contributed by atoms with Gasteiger partial charge in [0, 0.05) is 35.4 Å². The van der Waals surface area contributed by atoms with Crippen molar-refractivity contribution in [3.05, 3.63) is 59.1 Å². The molecule has 6 heteroatoms. The quantitative estimate of drug-likeness (QED) is 0.581. The number of nitrogens with zero attached hydrogens (tertiary/aromatic N) is 3. The summed E-state index contributed by atoms with van der Waals surface area (Å²) in [4.78, 5) is 18.6. The number of carbonyl (C=O) groups is 1. The van der Waals surface area contributed by atoms with Crippen LogP contribution >= 0.6 is 0 Å². The molecule has 0 fully saturated rings. The normalized spacial score (nSPS) is 12.7. The second-order valence-electron chi connectivity index (χ2n) is 6.65. The van der Waals surface area contributed by atoms with E-state index in [1.807, 2.05) is 36.4 Å². The third kappa shape index (κ3) is 3.07. The van der Waals surface area contributed by atoms with E-state index >= 15 is 0 Å². The summed E-state index contributed by atoms with van der Waals surface area (Å²) in [6.45, 7) is 5.92. The summed E-state index contributed by atoms with van der Waals surface area (Å²) in [6.07, 6.45) is 0. The van der Waals surface area contributed by atoms with Crippen molar-refractivity contribution < 1.29 is 14.6 Å². The van der Waals surface area contributed by atoms with Crippen molar-refractivity contribution >= 4 is 33.7 Å². The zero-order valence-corrected chi connectivity index (χ0v) is 16.1. The lowest BCUT2D eigenvalue weighted by Gasteiger charge is -2.23. The SMILES string of the molecule is CCN(CC)c1ccc2c(c1)Oc1c/c(=C(/C#N)C(=O)O)c3ccccc3c1=N2. The van der Waals surface area contributed by atoms with Gasteiger partial charge in [-0.05, 0) is 37.4 Å². The molecule has 0 saturated heterocycles. The van der Waals surface area contributed by atoms with Crippen LogP contribution in [0.15, 0.2) is 53.5 Å². The highest BCUT2D eigenvalue weighted by atomic mass is 16.5. The molecule has 0 amide bonds. The molecule has 6 nitrogen and oxygen atoms in total. The smallest absolute Gasteiger partial charge is 0.347 e. The zero-order chi connectivity index (χ0) is 20.5. The van der Waals surface area contributed by atoms with Crippen LogP contribution in [0.5, 0.6) is 11.5 Å². The Bertz CT molecular complexity index is 1300. The Labute approximate surface area is 167 Å². The average molecular weight is 385 g/mol. The summed E-state index contributed by atoms with van der Waals surface area (Å²) < 4.78 is 6.14. The van der Waals surface area contributed by atoms with Crippen molar-refractivity contribution in [1.29, 1.82) is 5.26 Å². The van der Waals surface area contributed by atoms with Gasteiger partial charge in [-0.15, -0.1) is 0 Å². The molecule has 0 aliphatic carbocycles. The van der Waals surface area contributed by atoms with Gasteiger partial charge >= 0.3 is 5.97 Å². The Balaban J connectivity index is 2.02. The van der Waals surface area contributed by atoms with Gasteiger partial charge in [0.2, 0.25) is 0 Å². The number of carboxylic acid groups (broad SMARTS) is 1. The molecule has 0 aromatic heterocycles. The first-order valence-electron chi connectivity index (χ1n) is 9.42. The molecule has 0 atom stereocenters. The average Bonchev–Trinajstić information content (AvgIpc) is 2.73. The van der Waals surface area contributed by atoms with E-state index in [1.54, 1.807) is 18.2 Å². The number of fused-ring (bicyclic) bond motifs is 4. The van der Waals surface area contributed by atoms with Crippen LogP contribution in [-0.2, 0) is 4.79 Å². The Hall–Kier alpha value is -3.85. The standard InChI is InChI=1S/C23H19N3O3/c1-3-26(4-2)14-9-10-19-20(11-14)29-21-12-17(18(13-24)23(27)28)15-7-5-6-8-16(15)22(21)25-19/h5-12H,3-4H2,1-2H3,(H,27,28)/b18-17+. The molecule has 0 radical (unpaired) electrons. The summed E-state index contributed by atoms with van der Waals surface area (Å²) >= 11 is 0. The largest absolute Gasteiger partial charge is 0.477 e. The lowest BCUT2D eigenvalue weighted by Crippen LogP contribution is -2.22. The number of carboxylic acids is 1. The Morgan fingerprint density at radius 3 is 2.48 bits per heavy atom. The number of nitriles is 1. The van der Waals surface area contributed by atoms with E-state index in [0.29, 0.717) is 33.1 Å². The van der Waals surface area contributed by atoms with E-state index in [2.05, 4.69) is 18.7 Å². The highest BCUT2D eigenvalue weighted by Gasteiger charge is 2.19. The molecule has 4 rings (SSSR count). The minimum atomic E-state index is -1.27. The number of benzene rings is 3. The molecule has 1 aliphatic rings. The first kappa shape index (κ1) is 18.5. The Morgan fingerprint density at radius 2 is 1.83 bits per heavy atom. The second-order valence-corrected chi connectivity index (χ2v) is 6.65. The van der Waals surface area contributed by atoms with Gasteiger partial charge in [0.25, 0.3) is 0 Å². The molecule has 29 heavy (non-hydrogen) atoms. The van der Waals surface area contributed by atoms with E-state index in [1.165, 1.54) is 0 Å². The van der Waals surface area contributed by atoms with Crippen LogP contribution in [0.3, 0.4) is 0 Å². The van der Waals surface area contributed by atoms with Crippen LogP contribution in [0, 0.1) is 11.3 Å². The fourth-order valence-electron chi connectivity index (χ4n) is 3.66. The van der Waals surface area contributed by atoms with Gasteiger partial charge in [-0.1, -0.05) is 24.3 Å². The summed E-state index contributed by atoms with van der Waals surface area (Å²) in [5.41, 5.74) is 1.42. The van der Waals surface area contributed by atoms with Gasteiger partial charge in [-0.2, -0.15) is 5.26 Å². The van der Waals surface area contributed by atoms with Crippen LogP contribution in [-0.4, -0.2) is 24.2 Å². The lowest BCUT2D eigenvalue weighted by atomic mass is 10.0. The van der Waals surface area contributed by atoms with Gasteiger partial charge in [-0.25, -0.2) is 9.79 Å². The van der Waals surface area contributed by atoms with Crippen LogP contribution in [0.25, 0.3) is 16.3 Å². The van der Waals surface area contributed by atoms with Crippen LogP contribution in [0.4, 0.5) is 11.4 Å². The van der Waals surface area contributed by atoms with Crippen molar-refractivity contribution in [1.82, 2.24) is 0 Å². The fourth-order valence-corrected chi connectivity index (χ4v) is 3.66. The zero-order valence-electron chi connectivity index (χ0n) is 16.1. The van der Waals surface area contributed by atoms with E-state index in [-0.39, 0.29) is 5.57 Å². The maximum atomic E-state index is 11.6. The predicted octanol–water partition coefficient (Wildman–Crippen LogP) is 3.50. The highest BCUT2D eigenvalue weighted by molar-refractivity contribution is 6.15. The van der Waals surface area contributed by atoms with E-state index in [4.69, 9.17) is 9.73 Å². The van der Waals surface area contributed by atoms with Crippen molar-refractivity contribution in [2.75, 3.05) is 18.0 Å². The van der Waals surface area contributed by atoms with Crippen molar-refractivity contribution in [2.24, 2.45) is 4.99 Å². The van der Waals surface area contributed by atoms with Gasteiger partial charge in [-0.3, -0.25) is 0 Å². The molecule has 0 saturated carbocycles. The third-order valence-corrected chi connectivity index (χ3v) is 5.10. The van der Waals surface area contributed by atoms with Crippen molar-refractivity contribution in [3.63, 3.8) is 0 Å². The number of hydrogen-bond donors (Lipinski definition) is 1. The summed E-state index contributed by atoms with van der Waals surface area (Å²) in [5, 5.41) is 21.2. The molecule has 0 unspecified atom stereocenters. The monoisotopic (exact) mass is 385 g/mol. The van der Waals surface area contributed by atoms with Crippen molar-refractivity contribution in [2.45, 2.75) is 13.8 Å². The van der Waals surface area contributed by atoms with Gasteiger partial charge in [0.1, 0.15) is 22.7 Å². The first-order chi connectivity index (χ1) is 14.1. The summed E-state index contributed by atoms with van der Waals surface area (Å²) in [5.74, 6) is -0.219. The Kier molecular flexibility index (Phi) is 4.65. The van der Waals surface area contributed by atoms with E-state index in [9.17, 15) is 15.2 Å². The molecule has 1 N–H and O–H groups in total. The maximum Gasteiger partial charge on any atom is 0.347 e. The predicted molar refractivity (Wildman–Crippen MR) is 111 cm³/mol. The topological polar surface area (TPSA) is 85.9 Å². The third-order valence-electron chi connectivity index (χ3n) is 5.10. The van der Waals surface area contributed by atoms with Crippen LogP contribution < -0.4 is 20.2 Å². The van der Waals surface area contributed by atoms with Gasteiger partial charge < -0.3 is 14.7 Å². The number of ether oxygens (including phenoxy) is 1. The molecule has 0 bridgehead atoms. The van der Waals surface area contributed by atoms with Gasteiger partial charge in [0.05, 0.1) is 0 Å².